The van der Waals surface area contributed by atoms with E-state index in [1.165, 1.54) is 32.1 Å². The molecule has 4 heteroatoms. The van der Waals surface area contributed by atoms with Crippen LogP contribution in [0.3, 0.4) is 0 Å². The minimum atomic E-state index is 0.115. The fourth-order valence-corrected chi connectivity index (χ4v) is 2.88. The Kier molecular flexibility index (Phi) is 3.47. The zero-order chi connectivity index (χ0) is 11.6. The average molecular weight is 239 g/mol. The Morgan fingerprint density at radius 2 is 1.81 bits per heavy atom. The summed E-state index contributed by atoms with van der Waals surface area (Å²) < 4.78 is 0. The van der Waals surface area contributed by atoms with Gasteiger partial charge in [0.25, 0.3) is 0 Å². The van der Waals surface area contributed by atoms with Crippen LogP contribution in [-0.2, 0) is 5.41 Å². The first-order valence-electron chi connectivity index (χ1n) is 6.16. The molecule has 0 atom stereocenters. The molecule has 1 aliphatic carbocycles. The maximum Gasteiger partial charge on any atom is 0.205 e. The van der Waals surface area contributed by atoms with Crippen molar-refractivity contribution in [2.45, 2.75) is 64.3 Å². The van der Waals surface area contributed by atoms with E-state index in [0.29, 0.717) is 6.04 Å². The lowest BCUT2D eigenvalue weighted by Gasteiger charge is -2.22. The molecule has 1 aromatic heterocycles. The first-order chi connectivity index (χ1) is 7.55. The van der Waals surface area contributed by atoms with Crippen molar-refractivity contribution in [2.75, 3.05) is 5.32 Å². The third-order valence-corrected chi connectivity index (χ3v) is 4.28. The normalized spacial score (nSPS) is 18.7. The van der Waals surface area contributed by atoms with Gasteiger partial charge in [0.15, 0.2) is 0 Å². The third kappa shape index (κ3) is 2.94. The van der Waals surface area contributed by atoms with Crippen molar-refractivity contribution in [2.24, 2.45) is 0 Å². The number of aromatic nitrogens is 2. The second kappa shape index (κ2) is 4.70. The van der Waals surface area contributed by atoms with Gasteiger partial charge in [0.2, 0.25) is 5.13 Å². The minimum Gasteiger partial charge on any atom is -0.357 e. The van der Waals surface area contributed by atoms with Crippen LogP contribution >= 0.6 is 11.3 Å². The van der Waals surface area contributed by atoms with Gasteiger partial charge in [-0.3, -0.25) is 0 Å². The van der Waals surface area contributed by atoms with E-state index < -0.39 is 0 Å². The Labute approximate surface area is 102 Å². The molecule has 1 aliphatic rings. The highest BCUT2D eigenvalue weighted by molar-refractivity contribution is 7.15. The van der Waals surface area contributed by atoms with Gasteiger partial charge in [-0.15, -0.1) is 10.2 Å². The molecule has 0 saturated heterocycles. The summed E-state index contributed by atoms with van der Waals surface area (Å²) in [6, 6.07) is 0.620. The van der Waals surface area contributed by atoms with Gasteiger partial charge in [-0.1, -0.05) is 51.4 Å². The van der Waals surface area contributed by atoms with Crippen LogP contribution in [0, 0.1) is 0 Å². The van der Waals surface area contributed by atoms with E-state index in [1.54, 1.807) is 11.3 Å². The summed E-state index contributed by atoms with van der Waals surface area (Å²) in [6.07, 6.45) is 6.65. The predicted octanol–water partition coefficient (Wildman–Crippen LogP) is 3.58. The Balaban J connectivity index is 1.97. The van der Waals surface area contributed by atoms with Gasteiger partial charge in [-0.05, 0) is 12.8 Å². The maximum atomic E-state index is 4.26. The van der Waals surface area contributed by atoms with Crippen molar-refractivity contribution >= 4 is 16.5 Å². The van der Waals surface area contributed by atoms with Crippen LogP contribution in [-0.4, -0.2) is 16.2 Å². The third-order valence-electron chi connectivity index (χ3n) is 3.00. The average Bonchev–Trinajstić information content (AvgIpc) is 2.67. The highest BCUT2D eigenvalue weighted by atomic mass is 32.1. The zero-order valence-corrected chi connectivity index (χ0v) is 11.2. The molecule has 90 valence electrons. The van der Waals surface area contributed by atoms with Crippen molar-refractivity contribution in [1.29, 1.82) is 0 Å². The largest absolute Gasteiger partial charge is 0.357 e. The first kappa shape index (κ1) is 11.8. The van der Waals surface area contributed by atoms with Gasteiger partial charge in [-0.2, -0.15) is 0 Å². The van der Waals surface area contributed by atoms with Crippen LogP contribution < -0.4 is 5.32 Å². The summed E-state index contributed by atoms with van der Waals surface area (Å²) in [6.45, 7) is 6.54. The van der Waals surface area contributed by atoms with Crippen molar-refractivity contribution in [3.63, 3.8) is 0 Å². The summed E-state index contributed by atoms with van der Waals surface area (Å²) in [5, 5.41) is 14.1. The number of nitrogens with zero attached hydrogens (tertiary/aromatic N) is 2. The Bertz CT molecular complexity index is 334. The van der Waals surface area contributed by atoms with Crippen molar-refractivity contribution in [1.82, 2.24) is 10.2 Å². The standard InChI is InChI=1S/C12H21N3S/c1-12(2,3)10-14-15-11(16-10)13-9-7-5-4-6-8-9/h9H,4-8H2,1-3H3,(H,13,15). The topological polar surface area (TPSA) is 37.8 Å². The Morgan fingerprint density at radius 3 is 2.38 bits per heavy atom. The molecule has 0 aliphatic heterocycles. The maximum absolute atomic E-state index is 4.26. The number of rotatable bonds is 2. The molecule has 1 N–H and O–H groups in total. The molecule has 16 heavy (non-hydrogen) atoms. The molecule has 1 heterocycles. The fourth-order valence-electron chi connectivity index (χ4n) is 2.01. The number of anilines is 1. The van der Waals surface area contributed by atoms with Crippen LogP contribution in [0.2, 0.25) is 0 Å². The second-order valence-corrected chi connectivity index (χ2v) is 6.62. The van der Waals surface area contributed by atoms with Crippen molar-refractivity contribution in [3.05, 3.63) is 5.01 Å². The van der Waals surface area contributed by atoms with Gasteiger partial charge in [0.05, 0.1) is 0 Å². The van der Waals surface area contributed by atoms with Crippen molar-refractivity contribution in [3.8, 4) is 0 Å². The smallest absolute Gasteiger partial charge is 0.205 e. The quantitative estimate of drug-likeness (QED) is 0.857. The van der Waals surface area contributed by atoms with E-state index in [0.717, 1.165) is 10.1 Å². The minimum absolute atomic E-state index is 0.115. The molecule has 1 aromatic rings. The monoisotopic (exact) mass is 239 g/mol. The molecule has 2 rings (SSSR count). The van der Waals surface area contributed by atoms with E-state index in [4.69, 9.17) is 0 Å². The lowest BCUT2D eigenvalue weighted by molar-refractivity contribution is 0.462. The van der Waals surface area contributed by atoms with E-state index in [-0.39, 0.29) is 5.41 Å². The second-order valence-electron chi connectivity index (χ2n) is 5.64. The summed E-state index contributed by atoms with van der Waals surface area (Å²) in [4.78, 5) is 0. The van der Waals surface area contributed by atoms with E-state index in [1.807, 2.05) is 0 Å². The SMILES string of the molecule is CC(C)(C)c1nnc(NC2CCCCC2)s1. The number of hydrogen-bond acceptors (Lipinski definition) is 4. The summed E-state index contributed by atoms with van der Waals surface area (Å²) in [5.41, 5.74) is 0.115. The van der Waals surface area contributed by atoms with Crippen LogP contribution in [0.25, 0.3) is 0 Å². The molecule has 0 bridgehead atoms. The van der Waals surface area contributed by atoms with Crippen LogP contribution in [0.4, 0.5) is 5.13 Å². The van der Waals surface area contributed by atoms with Gasteiger partial charge in [-0.25, -0.2) is 0 Å². The molecular weight excluding hydrogens is 218 g/mol. The Hall–Kier alpha value is -0.640. The van der Waals surface area contributed by atoms with Crippen molar-refractivity contribution < 1.29 is 0 Å². The lowest BCUT2D eigenvalue weighted by Crippen LogP contribution is -2.22. The molecular formula is C12H21N3S. The summed E-state index contributed by atoms with van der Waals surface area (Å²) in [5.74, 6) is 0. The molecule has 0 radical (unpaired) electrons. The van der Waals surface area contributed by atoms with Gasteiger partial charge in [0.1, 0.15) is 5.01 Å². The van der Waals surface area contributed by atoms with Gasteiger partial charge >= 0.3 is 0 Å². The van der Waals surface area contributed by atoms with Gasteiger partial charge in [0, 0.05) is 11.5 Å². The summed E-state index contributed by atoms with van der Waals surface area (Å²) >= 11 is 1.70. The summed E-state index contributed by atoms with van der Waals surface area (Å²) in [7, 11) is 0. The van der Waals surface area contributed by atoms with E-state index >= 15 is 0 Å². The Morgan fingerprint density at radius 1 is 1.12 bits per heavy atom. The van der Waals surface area contributed by atoms with Crippen LogP contribution in [0.1, 0.15) is 57.9 Å². The molecule has 3 nitrogen and oxygen atoms in total. The van der Waals surface area contributed by atoms with Crippen LogP contribution in [0.15, 0.2) is 0 Å². The zero-order valence-electron chi connectivity index (χ0n) is 10.4. The van der Waals surface area contributed by atoms with Crippen LogP contribution in [0.5, 0.6) is 0 Å². The number of nitrogens with one attached hydrogen (secondary N) is 1. The lowest BCUT2D eigenvalue weighted by atomic mass is 9.96. The fraction of sp³-hybridized carbons (Fsp3) is 0.833. The molecule has 0 unspecified atom stereocenters. The molecule has 0 aromatic carbocycles. The predicted molar refractivity (Wildman–Crippen MR) is 69.1 cm³/mol. The molecule has 1 saturated carbocycles. The molecule has 0 spiro atoms. The highest BCUT2D eigenvalue weighted by Gasteiger charge is 2.20. The van der Waals surface area contributed by atoms with E-state index in [9.17, 15) is 0 Å². The molecule has 0 amide bonds. The molecule has 1 fully saturated rings. The highest BCUT2D eigenvalue weighted by Crippen LogP contribution is 2.29. The first-order valence-corrected chi connectivity index (χ1v) is 6.98. The van der Waals surface area contributed by atoms with E-state index in [2.05, 4.69) is 36.3 Å². The van der Waals surface area contributed by atoms with Gasteiger partial charge < -0.3 is 5.32 Å². The number of hydrogen-bond donors (Lipinski definition) is 1.